The molecule has 0 N–H and O–H groups in total. The van der Waals surface area contributed by atoms with Crippen LogP contribution in [0.2, 0.25) is 0 Å². The lowest BCUT2D eigenvalue weighted by Gasteiger charge is -2.41. The molecule has 0 aliphatic heterocycles. The first-order valence-electron chi connectivity index (χ1n) is 27.9. The second kappa shape index (κ2) is 22.1. The van der Waals surface area contributed by atoms with E-state index < -0.39 is 7.38 Å². The molecule has 12 aromatic rings. The highest BCUT2D eigenvalue weighted by Gasteiger charge is 2.51. The van der Waals surface area contributed by atoms with Gasteiger partial charge in [0.2, 0.25) is 0 Å². The van der Waals surface area contributed by atoms with Crippen molar-refractivity contribution in [1.29, 1.82) is 0 Å². The van der Waals surface area contributed by atoms with Gasteiger partial charge in [-0.25, -0.2) is 0 Å². The van der Waals surface area contributed by atoms with E-state index in [9.17, 15) is 11.1 Å². The summed E-state index contributed by atoms with van der Waals surface area (Å²) in [5.74, 6) is 0. The van der Waals surface area contributed by atoms with Crippen LogP contribution in [0.5, 0.6) is 0 Å². The third-order valence-corrected chi connectivity index (χ3v) is 21.9. The first-order chi connectivity index (χ1) is 39.2. The second-order valence-electron chi connectivity index (χ2n) is 21.2. The van der Waals surface area contributed by atoms with Gasteiger partial charge in [0.05, 0.1) is 0 Å². The van der Waals surface area contributed by atoms with Gasteiger partial charge in [-0.1, -0.05) is 273 Å². The van der Waals surface area contributed by atoms with E-state index in [0.717, 1.165) is 66.8 Å². The Morgan fingerprint density at radius 3 is 0.412 bits per heavy atom. The summed E-state index contributed by atoms with van der Waals surface area (Å²) in [5, 5.41) is 3.52. The summed E-state index contributed by atoms with van der Waals surface area (Å²) in [5.41, 5.74) is 28.1. The van der Waals surface area contributed by atoms with Gasteiger partial charge in [-0.05, 0) is 191 Å². The molecule has 0 aliphatic carbocycles. The molecule has 12 aromatic carbocycles. The summed E-state index contributed by atoms with van der Waals surface area (Å²) in [4.78, 5) is 0. The van der Waals surface area contributed by atoms with Crippen molar-refractivity contribution in [3.05, 3.63) is 306 Å². The van der Waals surface area contributed by atoms with Crippen LogP contribution < -0.4 is 15.6 Å². The van der Waals surface area contributed by atoms with Crippen molar-refractivity contribution < 1.29 is 0 Å². The van der Waals surface area contributed by atoms with Gasteiger partial charge in [0.1, 0.15) is 0 Å². The van der Waals surface area contributed by atoms with E-state index in [-0.39, 0.29) is 0 Å². The molecule has 0 aromatic heterocycles. The van der Waals surface area contributed by atoms with Gasteiger partial charge in [-0.15, -0.1) is 11.1 Å². The standard InChI is InChI=1S/C78H63ClSi/c1-52-67(58-34-16-7-17-35-58)53(2)71(62-42-24-11-25-43-62)76(70(52)61-40-22-10-23-41-61)80(79,77-72(63-44-26-12-27-45-63)54(3)68(59-36-18-8-19-37-59)55(4)73(77)64-46-28-13-29-47-64)78-74(65-48-30-14-31-49-65)56(5)69(60-38-20-9-21-39-60)57(6)75(78)66-50-32-15-33-51-66/h7-51H,1-6H3. The largest absolute Gasteiger partial charge is 0.251 e. The second-order valence-corrected chi connectivity index (χ2v) is 25.7. The van der Waals surface area contributed by atoms with E-state index in [1.54, 1.807) is 0 Å². The summed E-state index contributed by atoms with van der Waals surface area (Å²) in [6.45, 7) is 14.2. The zero-order valence-corrected chi connectivity index (χ0v) is 48.1. The van der Waals surface area contributed by atoms with Crippen LogP contribution in [0.1, 0.15) is 33.4 Å². The molecule has 386 valence electrons. The third-order valence-electron chi connectivity index (χ3n) is 16.6. The molecular formula is C78H63ClSi. The molecule has 0 saturated heterocycles. The summed E-state index contributed by atoms with van der Waals surface area (Å²) in [6, 6.07) is 100.0. The van der Waals surface area contributed by atoms with E-state index in [1.807, 2.05) is 0 Å². The summed E-state index contributed by atoms with van der Waals surface area (Å²) < 4.78 is 0. The highest BCUT2D eigenvalue weighted by atomic mass is 35.6. The van der Waals surface area contributed by atoms with Crippen molar-refractivity contribution in [3.63, 3.8) is 0 Å². The van der Waals surface area contributed by atoms with Crippen molar-refractivity contribution in [3.8, 4) is 100 Å². The molecule has 0 fully saturated rings. The average Bonchev–Trinajstić information content (AvgIpc) is 3.66. The van der Waals surface area contributed by atoms with Gasteiger partial charge >= 0.3 is 0 Å². The fourth-order valence-electron chi connectivity index (χ4n) is 13.4. The van der Waals surface area contributed by atoms with Crippen molar-refractivity contribution in [2.75, 3.05) is 0 Å². The number of rotatable bonds is 12. The zero-order chi connectivity index (χ0) is 54.9. The molecule has 12 rings (SSSR count). The fraction of sp³-hybridized carbons (Fsp3) is 0.0769. The minimum Gasteiger partial charge on any atom is -0.149 e. The SMILES string of the molecule is Cc1c(-c2ccccc2)c(C)c(-c2ccccc2)c([Si](Cl)(c2c(-c3ccccc3)c(C)c(-c3ccccc3)c(C)c2-c2ccccc2)c2c(-c3ccccc3)c(C)c(-c3ccccc3)c(C)c2-c2ccccc2)c1-c1ccccc1. The van der Waals surface area contributed by atoms with Crippen molar-refractivity contribution in [1.82, 2.24) is 0 Å². The van der Waals surface area contributed by atoms with Gasteiger partial charge in [-0.2, -0.15) is 0 Å². The van der Waals surface area contributed by atoms with Gasteiger partial charge in [0.25, 0.3) is 7.38 Å². The number of halogens is 1. The number of benzene rings is 12. The molecule has 80 heavy (non-hydrogen) atoms. The Kier molecular flexibility index (Phi) is 14.3. The molecular weight excluding hydrogens is 1000 g/mol. The van der Waals surface area contributed by atoms with Crippen LogP contribution in [-0.2, 0) is 0 Å². The predicted molar refractivity (Wildman–Crippen MR) is 347 cm³/mol. The average molecular weight is 1060 g/mol. The van der Waals surface area contributed by atoms with E-state index >= 15 is 0 Å². The zero-order valence-electron chi connectivity index (χ0n) is 46.4. The molecule has 0 radical (unpaired) electrons. The van der Waals surface area contributed by atoms with E-state index in [2.05, 4.69) is 315 Å². The minimum atomic E-state index is -4.33. The molecule has 0 amide bonds. The van der Waals surface area contributed by atoms with Gasteiger partial charge in [0, 0.05) is 0 Å². The number of hydrogen-bond donors (Lipinski definition) is 0. The molecule has 0 nitrogen and oxygen atoms in total. The van der Waals surface area contributed by atoms with Crippen LogP contribution in [0, 0.1) is 41.5 Å². The Balaban J connectivity index is 1.47. The summed E-state index contributed by atoms with van der Waals surface area (Å²) >= 11 is 10.4. The number of hydrogen-bond acceptors (Lipinski definition) is 0. The lowest BCUT2D eigenvalue weighted by molar-refractivity contribution is 1.37. The van der Waals surface area contributed by atoms with Crippen LogP contribution in [0.15, 0.2) is 273 Å². The maximum absolute atomic E-state index is 10.4. The minimum absolute atomic E-state index is 1.13. The van der Waals surface area contributed by atoms with Gasteiger partial charge in [-0.3, -0.25) is 0 Å². The Labute approximate surface area is 479 Å². The molecule has 0 spiro atoms. The highest BCUT2D eigenvalue weighted by molar-refractivity contribution is 7.42. The quantitative estimate of drug-likeness (QED) is 0.0650. The maximum atomic E-state index is 10.4. The van der Waals surface area contributed by atoms with Crippen LogP contribution in [-0.4, -0.2) is 7.38 Å². The summed E-state index contributed by atoms with van der Waals surface area (Å²) in [7, 11) is -4.33. The topological polar surface area (TPSA) is 0 Å². The van der Waals surface area contributed by atoms with Gasteiger partial charge < -0.3 is 0 Å². The monoisotopic (exact) mass is 1060 g/mol. The van der Waals surface area contributed by atoms with Crippen molar-refractivity contribution in [2.24, 2.45) is 0 Å². The third kappa shape index (κ3) is 8.98. The lowest BCUT2D eigenvalue weighted by atomic mass is 9.83. The molecule has 0 unspecified atom stereocenters. The molecule has 0 saturated carbocycles. The normalized spacial score (nSPS) is 11.4. The molecule has 0 aliphatic rings. The lowest BCUT2D eigenvalue weighted by Crippen LogP contribution is -2.67. The highest BCUT2D eigenvalue weighted by Crippen LogP contribution is 2.49. The molecule has 0 heterocycles. The Morgan fingerprint density at radius 2 is 0.287 bits per heavy atom. The van der Waals surface area contributed by atoms with Crippen LogP contribution >= 0.6 is 11.1 Å². The fourth-order valence-corrected chi connectivity index (χ4v) is 19.9. The predicted octanol–water partition coefficient (Wildman–Crippen LogP) is 19.7. The Morgan fingerprint density at radius 1 is 0.175 bits per heavy atom. The van der Waals surface area contributed by atoms with E-state index in [1.165, 1.54) is 82.3 Å². The first-order valence-corrected chi connectivity index (χ1v) is 30.9. The Bertz CT molecular complexity index is 3530. The van der Waals surface area contributed by atoms with E-state index in [4.69, 9.17) is 0 Å². The maximum Gasteiger partial charge on any atom is 0.251 e. The first kappa shape index (κ1) is 51.9. The van der Waals surface area contributed by atoms with E-state index in [0.29, 0.717) is 0 Å². The molecule has 0 atom stereocenters. The smallest absolute Gasteiger partial charge is 0.149 e. The van der Waals surface area contributed by atoms with Crippen LogP contribution in [0.3, 0.4) is 0 Å². The van der Waals surface area contributed by atoms with Crippen molar-refractivity contribution >= 4 is 34.0 Å². The van der Waals surface area contributed by atoms with Gasteiger partial charge in [0.15, 0.2) is 0 Å². The van der Waals surface area contributed by atoms with Crippen molar-refractivity contribution in [2.45, 2.75) is 41.5 Å². The summed E-state index contributed by atoms with van der Waals surface area (Å²) in [6.07, 6.45) is 0. The van der Waals surface area contributed by atoms with Crippen LogP contribution in [0.4, 0.5) is 0 Å². The molecule has 0 bridgehead atoms. The molecule has 2 heteroatoms. The van der Waals surface area contributed by atoms with Crippen LogP contribution in [0.25, 0.3) is 100 Å². The Hall–Kier alpha value is -8.85.